The van der Waals surface area contributed by atoms with Crippen LogP contribution in [-0.2, 0) is 19.6 Å². The van der Waals surface area contributed by atoms with Crippen LogP contribution < -0.4 is 16.0 Å². The van der Waals surface area contributed by atoms with Crippen molar-refractivity contribution >= 4 is 11.8 Å². The highest BCUT2D eigenvalue weighted by atomic mass is 15.2. The van der Waals surface area contributed by atoms with Gasteiger partial charge in [-0.2, -0.15) is 4.98 Å². The van der Waals surface area contributed by atoms with Crippen LogP contribution >= 0.6 is 0 Å². The summed E-state index contributed by atoms with van der Waals surface area (Å²) in [6, 6.07) is 18.9. The minimum absolute atomic E-state index is 0.0570. The number of nitrogens with one attached hydrogen (secondary N) is 1. The molecule has 1 unspecified atom stereocenters. The number of nitrogens with two attached hydrogens (primary N) is 1. The third-order valence-electron chi connectivity index (χ3n) is 4.76. The molecule has 132 valence electrons. The Hall–Kier alpha value is -2.92. The van der Waals surface area contributed by atoms with Gasteiger partial charge in [-0.3, -0.25) is 0 Å². The number of hydrogen-bond donors (Lipinski definition) is 2. The van der Waals surface area contributed by atoms with Gasteiger partial charge >= 0.3 is 0 Å². The highest BCUT2D eigenvalue weighted by molar-refractivity contribution is 5.49. The van der Waals surface area contributed by atoms with E-state index in [-0.39, 0.29) is 6.04 Å². The van der Waals surface area contributed by atoms with E-state index >= 15 is 0 Å². The molecular weight excluding hydrogens is 322 g/mol. The second-order valence-electron chi connectivity index (χ2n) is 6.75. The maximum absolute atomic E-state index is 5.90. The largest absolute Gasteiger partial charge is 0.350 e. The lowest BCUT2D eigenvalue weighted by atomic mass is 10.1. The predicted octanol–water partition coefficient (Wildman–Crippen LogP) is 3.63. The molecule has 26 heavy (non-hydrogen) atoms. The average molecular weight is 345 g/mol. The summed E-state index contributed by atoms with van der Waals surface area (Å²) in [5, 5.41) is 3.31. The Kier molecular flexibility index (Phi) is 4.54. The van der Waals surface area contributed by atoms with Crippen LogP contribution in [-0.4, -0.2) is 9.97 Å². The van der Waals surface area contributed by atoms with Gasteiger partial charge in [-0.15, -0.1) is 0 Å². The van der Waals surface area contributed by atoms with Crippen molar-refractivity contribution < 1.29 is 0 Å². The smallest absolute Gasteiger partial charge is 0.224 e. The Morgan fingerprint density at radius 1 is 1.04 bits per heavy atom. The first-order chi connectivity index (χ1) is 12.7. The molecule has 5 nitrogen and oxygen atoms in total. The third-order valence-corrected chi connectivity index (χ3v) is 4.76. The minimum atomic E-state index is 0.0570. The topological polar surface area (TPSA) is 67.1 Å². The molecule has 0 saturated heterocycles. The molecule has 0 saturated carbocycles. The van der Waals surface area contributed by atoms with Crippen LogP contribution in [0, 0.1) is 0 Å². The van der Waals surface area contributed by atoms with Crippen molar-refractivity contribution in [2.75, 3.05) is 10.2 Å². The summed E-state index contributed by atoms with van der Waals surface area (Å²) in [5.74, 6) is 1.60. The first-order valence-corrected chi connectivity index (χ1v) is 8.92. The Labute approximate surface area is 153 Å². The van der Waals surface area contributed by atoms with E-state index in [0.29, 0.717) is 12.5 Å². The molecule has 2 heterocycles. The molecule has 0 amide bonds. The molecule has 2 aromatic carbocycles. The number of fused-ring (bicyclic) bond motifs is 1. The number of nitrogens with zero attached hydrogens (tertiary/aromatic N) is 3. The van der Waals surface area contributed by atoms with Crippen molar-refractivity contribution in [1.29, 1.82) is 0 Å². The van der Waals surface area contributed by atoms with E-state index in [1.807, 2.05) is 19.2 Å². The molecule has 3 N–H and O–H groups in total. The lowest BCUT2D eigenvalue weighted by Crippen LogP contribution is -2.17. The molecule has 1 atom stereocenters. The van der Waals surface area contributed by atoms with Crippen molar-refractivity contribution in [2.24, 2.45) is 5.73 Å². The molecule has 4 rings (SSSR count). The lowest BCUT2D eigenvalue weighted by Gasteiger charge is -2.17. The van der Waals surface area contributed by atoms with Gasteiger partial charge in [0.1, 0.15) is 5.82 Å². The van der Waals surface area contributed by atoms with E-state index in [9.17, 15) is 0 Å². The monoisotopic (exact) mass is 345 g/mol. The number of anilines is 2. The second kappa shape index (κ2) is 7.14. The van der Waals surface area contributed by atoms with Crippen LogP contribution in [0.25, 0.3) is 0 Å². The Bertz CT molecular complexity index is 864. The predicted molar refractivity (Wildman–Crippen MR) is 105 cm³/mol. The number of aromatic nitrogens is 2. The van der Waals surface area contributed by atoms with Gasteiger partial charge in [0.2, 0.25) is 5.95 Å². The summed E-state index contributed by atoms with van der Waals surface area (Å²) in [6.07, 6.45) is 1.81. The first-order valence-electron chi connectivity index (χ1n) is 8.92. The van der Waals surface area contributed by atoms with Gasteiger partial charge in [-0.1, -0.05) is 48.5 Å². The van der Waals surface area contributed by atoms with Crippen molar-refractivity contribution in [2.45, 2.75) is 32.6 Å². The van der Waals surface area contributed by atoms with Crippen LogP contribution in [0.2, 0.25) is 0 Å². The number of hydrogen-bond acceptors (Lipinski definition) is 5. The molecule has 3 aromatic rings. The average Bonchev–Trinajstić information content (AvgIpc) is 3.11. The Morgan fingerprint density at radius 2 is 1.73 bits per heavy atom. The fraction of sp³-hybridized carbons (Fsp3) is 0.238. The maximum atomic E-state index is 5.90. The van der Waals surface area contributed by atoms with Gasteiger partial charge in [0, 0.05) is 31.9 Å². The quantitative estimate of drug-likeness (QED) is 0.739. The summed E-state index contributed by atoms with van der Waals surface area (Å²) in [6.45, 7) is 4.46. The summed E-state index contributed by atoms with van der Waals surface area (Å²) in [5.41, 5.74) is 11.0. The molecule has 0 aliphatic carbocycles. The molecule has 1 aliphatic heterocycles. The normalized spacial score (nSPS) is 14.2. The van der Waals surface area contributed by atoms with Gasteiger partial charge in [0.25, 0.3) is 0 Å². The van der Waals surface area contributed by atoms with Crippen molar-refractivity contribution in [1.82, 2.24) is 9.97 Å². The molecule has 1 aliphatic rings. The molecule has 0 radical (unpaired) electrons. The summed E-state index contributed by atoms with van der Waals surface area (Å²) >= 11 is 0. The summed E-state index contributed by atoms with van der Waals surface area (Å²) in [7, 11) is 0. The summed E-state index contributed by atoms with van der Waals surface area (Å²) in [4.78, 5) is 11.3. The van der Waals surface area contributed by atoms with Crippen molar-refractivity contribution in [3.05, 3.63) is 83.0 Å². The molecule has 1 aromatic heterocycles. The fourth-order valence-corrected chi connectivity index (χ4v) is 3.23. The minimum Gasteiger partial charge on any atom is -0.350 e. The van der Waals surface area contributed by atoms with Gasteiger partial charge in [0.15, 0.2) is 0 Å². The van der Waals surface area contributed by atoms with E-state index in [4.69, 9.17) is 5.73 Å². The van der Waals surface area contributed by atoms with Crippen molar-refractivity contribution in [3.63, 3.8) is 0 Å². The lowest BCUT2D eigenvalue weighted by molar-refractivity contribution is 0.817. The van der Waals surface area contributed by atoms with Crippen LogP contribution in [0.4, 0.5) is 11.8 Å². The standard InChI is InChI=1S/C21H23N5/c1-15(22)17-8-6-16(7-9-17)12-24-21-23-11-10-20(25-21)26-13-18-4-2-3-5-19(18)14-26/h2-11,15H,12-14,22H2,1H3,(H,23,24,25). The van der Waals surface area contributed by atoms with E-state index in [1.165, 1.54) is 16.7 Å². The van der Waals surface area contributed by atoms with E-state index in [0.717, 1.165) is 24.5 Å². The second-order valence-corrected chi connectivity index (χ2v) is 6.75. The zero-order chi connectivity index (χ0) is 17.9. The van der Waals surface area contributed by atoms with E-state index in [1.54, 1.807) is 0 Å². The van der Waals surface area contributed by atoms with Crippen LogP contribution in [0.15, 0.2) is 60.8 Å². The number of benzene rings is 2. The Balaban J connectivity index is 1.42. The zero-order valence-corrected chi connectivity index (χ0v) is 14.9. The zero-order valence-electron chi connectivity index (χ0n) is 14.9. The molecule has 5 heteroatoms. The SMILES string of the molecule is CC(N)c1ccc(CNc2nccc(N3Cc4ccccc4C3)n2)cc1. The molecule has 0 spiro atoms. The molecule has 0 fully saturated rings. The van der Waals surface area contributed by atoms with Gasteiger partial charge in [-0.25, -0.2) is 4.98 Å². The first kappa shape index (κ1) is 16.5. The van der Waals surface area contributed by atoms with E-state index < -0.39 is 0 Å². The van der Waals surface area contributed by atoms with Gasteiger partial charge < -0.3 is 16.0 Å². The van der Waals surface area contributed by atoms with E-state index in [2.05, 4.69) is 68.7 Å². The van der Waals surface area contributed by atoms with Gasteiger partial charge in [0.05, 0.1) is 0 Å². The Morgan fingerprint density at radius 3 is 2.38 bits per heavy atom. The molecular formula is C21H23N5. The van der Waals surface area contributed by atoms with Gasteiger partial charge in [-0.05, 0) is 35.2 Å². The van der Waals surface area contributed by atoms with Crippen LogP contribution in [0.5, 0.6) is 0 Å². The maximum Gasteiger partial charge on any atom is 0.224 e. The summed E-state index contributed by atoms with van der Waals surface area (Å²) < 4.78 is 0. The molecule has 0 bridgehead atoms. The highest BCUT2D eigenvalue weighted by Gasteiger charge is 2.19. The number of rotatable bonds is 5. The fourth-order valence-electron chi connectivity index (χ4n) is 3.23. The van der Waals surface area contributed by atoms with Crippen LogP contribution in [0.1, 0.15) is 35.2 Å². The van der Waals surface area contributed by atoms with Crippen LogP contribution in [0.3, 0.4) is 0 Å². The van der Waals surface area contributed by atoms with Crippen molar-refractivity contribution in [3.8, 4) is 0 Å². The highest BCUT2D eigenvalue weighted by Crippen LogP contribution is 2.26. The third kappa shape index (κ3) is 3.53.